The van der Waals surface area contributed by atoms with E-state index in [-0.39, 0.29) is 5.56 Å². The van der Waals surface area contributed by atoms with Gasteiger partial charge in [-0.1, -0.05) is 6.07 Å². The van der Waals surface area contributed by atoms with Gasteiger partial charge >= 0.3 is 0 Å². The van der Waals surface area contributed by atoms with E-state index in [1.807, 2.05) is 23.6 Å². The molecule has 70 valence electrons. The van der Waals surface area contributed by atoms with Gasteiger partial charge in [0.1, 0.15) is 0 Å². The molecule has 1 aliphatic carbocycles. The summed E-state index contributed by atoms with van der Waals surface area (Å²) < 4.78 is 1.88. The standard InChI is InChI=1S/C10H14N2O/c1-7-2-3-8(6-11)10(13)12(7)9-4-5-9/h2-3,9H,4-6,11H2,1H3. The number of pyridine rings is 1. The van der Waals surface area contributed by atoms with E-state index in [0.717, 1.165) is 24.1 Å². The Balaban J connectivity index is 2.57. The van der Waals surface area contributed by atoms with E-state index in [9.17, 15) is 4.79 Å². The van der Waals surface area contributed by atoms with Gasteiger partial charge in [-0.05, 0) is 25.8 Å². The molecule has 1 aromatic rings. The molecule has 0 aliphatic heterocycles. The quantitative estimate of drug-likeness (QED) is 0.733. The smallest absolute Gasteiger partial charge is 0.255 e. The minimum absolute atomic E-state index is 0.102. The van der Waals surface area contributed by atoms with Crippen LogP contribution in [0.3, 0.4) is 0 Å². The van der Waals surface area contributed by atoms with Crippen molar-refractivity contribution in [2.75, 3.05) is 0 Å². The van der Waals surface area contributed by atoms with Gasteiger partial charge in [0.05, 0.1) is 0 Å². The number of nitrogens with zero attached hydrogens (tertiary/aromatic N) is 1. The topological polar surface area (TPSA) is 48.0 Å². The summed E-state index contributed by atoms with van der Waals surface area (Å²) in [5, 5.41) is 0. The number of rotatable bonds is 2. The van der Waals surface area contributed by atoms with E-state index in [4.69, 9.17) is 5.73 Å². The third-order valence-electron chi connectivity index (χ3n) is 2.53. The molecule has 1 aromatic heterocycles. The van der Waals surface area contributed by atoms with Crippen molar-refractivity contribution < 1.29 is 0 Å². The zero-order valence-corrected chi connectivity index (χ0v) is 7.79. The van der Waals surface area contributed by atoms with Gasteiger partial charge in [-0.2, -0.15) is 0 Å². The number of hydrogen-bond acceptors (Lipinski definition) is 2. The normalized spacial score (nSPS) is 16.2. The van der Waals surface area contributed by atoms with E-state index in [2.05, 4.69) is 0 Å². The van der Waals surface area contributed by atoms with Crippen molar-refractivity contribution in [1.82, 2.24) is 4.57 Å². The van der Waals surface area contributed by atoms with Crippen LogP contribution in [0.15, 0.2) is 16.9 Å². The van der Waals surface area contributed by atoms with Gasteiger partial charge in [0, 0.05) is 23.8 Å². The highest BCUT2D eigenvalue weighted by atomic mass is 16.1. The zero-order chi connectivity index (χ0) is 9.42. The second-order valence-electron chi connectivity index (χ2n) is 3.61. The molecule has 0 aromatic carbocycles. The molecule has 1 fully saturated rings. The third kappa shape index (κ3) is 1.40. The molecule has 3 nitrogen and oxygen atoms in total. The number of aromatic nitrogens is 1. The molecular formula is C10H14N2O. The van der Waals surface area contributed by atoms with Crippen LogP contribution in [0.2, 0.25) is 0 Å². The van der Waals surface area contributed by atoms with Crippen molar-refractivity contribution in [1.29, 1.82) is 0 Å². The summed E-state index contributed by atoms with van der Waals surface area (Å²) in [6.45, 7) is 2.31. The molecule has 3 heteroatoms. The highest BCUT2D eigenvalue weighted by Gasteiger charge is 2.26. The van der Waals surface area contributed by atoms with E-state index >= 15 is 0 Å². The van der Waals surface area contributed by atoms with E-state index < -0.39 is 0 Å². The fourth-order valence-electron chi connectivity index (χ4n) is 1.63. The monoisotopic (exact) mass is 178 g/mol. The Morgan fingerprint density at radius 3 is 2.77 bits per heavy atom. The first kappa shape index (κ1) is 8.51. The maximum absolute atomic E-state index is 11.8. The highest BCUT2D eigenvalue weighted by Crippen LogP contribution is 2.34. The molecule has 1 aliphatic rings. The zero-order valence-electron chi connectivity index (χ0n) is 7.79. The predicted molar refractivity (Wildman–Crippen MR) is 51.6 cm³/mol. The van der Waals surface area contributed by atoms with Crippen molar-refractivity contribution in [3.05, 3.63) is 33.7 Å². The van der Waals surface area contributed by atoms with Gasteiger partial charge < -0.3 is 10.3 Å². The lowest BCUT2D eigenvalue weighted by atomic mass is 10.2. The second-order valence-corrected chi connectivity index (χ2v) is 3.61. The van der Waals surface area contributed by atoms with Crippen LogP contribution in [-0.4, -0.2) is 4.57 Å². The second kappa shape index (κ2) is 3.00. The maximum atomic E-state index is 11.8. The molecular weight excluding hydrogens is 164 g/mol. The first-order valence-corrected chi connectivity index (χ1v) is 4.65. The molecule has 2 rings (SSSR count). The summed E-state index contributed by atoms with van der Waals surface area (Å²) in [7, 11) is 0. The maximum Gasteiger partial charge on any atom is 0.255 e. The van der Waals surface area contributed by atoms with Crippen LogP contribution in [0.5, 0.6) is 0 Å². The molecule has 1 heterocycles. The van der Waals surface area contributed by atoms with Gasteiger partial charge in [0.25, 0.3) is 5.56 Å². The molecule has 0 bridgehead atoms. The fourth-order valence-corrected chi connectivity index (χ4v) is 1.63. The van der Waals surface area contributed by atoms with Gasteiger partial charge in [-0.25, -0.2) is 0 Å². The largest absolute Gasteiger partial charge is 0.326 e. The lowest BCUT2D eigenvalue weighted by Gasteiger charge is -2.09. The summed E-state index contributed by atoms with van der Waals surface area (Å²) in [6.07, 6.45) is 2.27. The van der Waals surface area contributed by atoms with Crippen molar-refractivity contribution in [3.63, 3.8) is 0 Å². The first-order valence-electron chi connectivity index (χ1n) is 4.65. The molecule has 1 saturated carbocycles. The van der Waals surface area contributed by atoms with Crippen molar-refractivity contribution >= 4 is 0 Å². The van der Waals surface area contributed by atoms with Crippen molar-refractivity contribution in [3.8, 4) is 0 Å². The molecule has 2 N–H and O–H groups in total. The van der Waals surface area contributed by atoms with Crippen LogP contribution in [0.4, 0.5) is 0 Å². The number of hydrogen-bond donors (Lipinski definition) is 1. The summed E-state index contributed by atoms with van der Waals surface area (Å²) in [5.74, 6) is 0. The molecule has 0 radical (unpaired) electrons. The van der Waals surface area contributed by atoms with Crippen LogP contribution in [0.25, 0.3) is 0 Å². The van der Waals surface area contributed by atoms with Crippen molar-refractivity contribution in [2.45, 2.75) is 32.4 Å². The summed E-state index contributed by atoms with van der Waals surface area (Å²) >= 11 is 0. The van der Waals surface area contributed by atoms with E-state index in [0.29, 0.717) is 12.6 Å². The van der Waals surface area contributed by atoms with Crippen LogP contribution in [-0.2, 0) is 6.54 Å². The van der Waals surface area contributed by atoms with E-state index in [1.165, 1.54) is 0 Å². The highest BCUT2D eigenvalue weighted by molar-refractivity contribution is 5.17. The minimum atomic E-state index is 0.102. The Labute approximate surface area is 77.2 Å². The van der Waals surface area contributed by atoms with Gasteiger partial charge in [0.2, 0.25) is 0 Å². The lowest BCUT2D eigenvalue weighted by molar-refractivity contribution is 0.671. The lowest BCUT2D eigenvalue weighted by Crippen LogP contribution is -2.26. The molecule has 13 heavy (non-hydrogen) atoms. The SMILES string of the molecule is Cc1ccc(CN)c(=O)n1C1CC1. The number of nitrogens with two attached hydrogens (primary N) is 1. The first-order chi connectivity index (χ1) is 6.24. The van der Waals surface area contributed by atoms with Crippen LogP contribution >= 0.6 is 0 Å². The Morgan fingerprint density at radius 2 is 2.23 bits per heavy atom. The van der Waals surface area contributed by atoms with E-state index in [1.54, 1.807) is 0 Å². The molecule has 0 amide bonds. The number of aryl methyl sites for hydroxylation is 1. The Hall–Kier alpha value is -1.09. The van der Waals surface area contributed by atoms with Gasteiger partial charge in [-0.15, -0.1) is 0 Å². The third-order valence-corrected chi connectivity index (χ3v) is 2.53. The molecule has 0 saturated heterocycles. The molecule has 0 atom stereocenters. The van der Waals surface area contributed by atoms with Crippen LogP contribution in [0.1, 0.15) is 30.1 Å². The molecule has 0 spiro atoms. The minimum Gasteiger partial charge on any atom is -0.326 e. The average Bonchev–Trinajstić information content (AvgIpc) is 2.89. The Bertz CT molecular complexity index is 377. The fraction of sp³-hybridized carbons (Fsp3) is 0.500. The average molecular weight is 178 g/mol. The predicted octanol–water partition coefficient (Wildman–Crippen LogP) is 0.950. The Kier molecular flexibility index (Phi) is 1.96. The molecule has 0 unspecified atom stereocenters. The Morgan fingerprint density at radius 1 is 1.54 bits per heavy atom. The summed E-state index contributed by atoms with van der Waals surface area (Å²) in [5.41, 5.74) is 7.34. The van der Waals surface area contributed by atoms with Crippen LogP contribution in [0, 0.1) is 6.92 Å². The summed E-state index contributed by atoms with van der Waals surface area (Å²) in [6, 6.07) is 4.25. The van der Waals surface area contributed by atoms with Gasteiger partial charge in [-0.3, -0.25) is 4.79 Å². The van der Waals surface area contributed by atoms with Crippen LogP contribution < -0.4 is 11.3 Å². The summed E-state index contributed by atoms with van der Waals surface area (Å²) in [4.78, 5) is 11.8. The van der Waals surface area contributed by atoms with Crippen molar-refractivity contribution in [2.24, 2.45) is 5.73 Å². The van der Waals surface area contributed by atoms with Gasteiger partial charge in [0.15, 0.2) is 0 Å².